The molecular formula is C18H17BrN4O6S. The zero-order valence-corrected chi connectivity index (χ0v) is 18.1. The first-order chi connectivity index (χ1) is 14.3. The van der Waals surface area contributed by atoms with E-state index in [9.17, 15) is 24.8 Å². The Kier molecular flexibility index (Phi) is 6.67. The molecule has 12 heteroatoms. The van der Waals surface area contributed by atoms with Crippen molar-refractivity contribution in [3.63, 3.8) is 0 Å². The molecule has 2 aromatic rings. The van der Waals surface area contributed by atoms with Crippen LogP contribution in [0, 0.1) is 10.1 Å². The van der Waals surface area contributed by atoms with Crippen LogP contribution in [0.4, 0.5) is 15.5 Å². The van der Waals surface area contributed by atoms with Crippen LogP contribution in [-0.2, 0) is 17.6 Å². The monoisotopic (exact) mass is 496 g/mol. The summed E-state index contributed by atoms with van der Waals surface area (Å²) in [6.07, 6.45) is 3.62. The Bertz CT molecular complexity index is 1050. The maximum atomic E-state index is 12.3. The number of nitrogens with one attached hydrogen (secondary N) is 2. The highest BCUT2D eigenvalue weighted by Crippen LogP contribution is 2.39. The number of nitrogens with zero attached hydrogens (tertiary/aromatic N) is 2. The number of hydrogen-bond donors (Lipinski definition) is 3. The number of benzene rings is 1. The summed E-state index contributed by atoms with van der Waals surface area (Å²) in [7, 11) is 0. The number of phenolic OH excluding ortho intramolecular Hbond substituents is 1. The molecule has 2 amide bonds. The molecule has 0 bridgehead atoms. The lowest BCUT2D eigenvalue weighted by molar-refractivity contribution is -0.385. The number of esters is 1. The van der Waals surface area contributed by atoms with Gasteiger partial charge >= 0.3 is 17.7 Å². The summed E-state index contributed by atoms with van der Waals surface area (Å²) in [6, 6.07) is 1.86. The van der Waals surface area contributed by atoms with E-state index >= 15 is 0 Å². The number of fused-ring (bicyclic) bond motifs is 1. The van der Waals surface area contributed by atoms with E-state index in [4.69, 9.17) is 4.74 Å². The smallest absolute Gasteiger partial charge is 0.341 e. The van der Waals surface area contributed by atoms with Crippen molar-refractivity contribution >= 4 is 56.2 Å². The quantitative estimate of drug-likeness (QED) is 0.239. The molecule has 0 radical (unpaired) electrons. The van der Waals surface area contributed by atoms with Crippen LogP contribution in [-0.4, -0.2) is 34.9 Å². The predicted octanol–water partition coefficient (Wildman–Crippen LogP) is 3.95. The third kappa shape index (κ3) is 4.60. The van der Waals surface area contributed by atoms with Crippen molar-refractivity contribution < 1.29 is 24.4 Å². The van der Waals surface area contributed by atoms with Crippen molar-refractivity contribution in [3.8, 4) is 5.75 Å². The zero-order chi connectivity index (χ0) is 21.8. The molecule has 0 unspecified atom stereocenters. The molecule has 3 rings (SSSR count). The van der Waals surface area contributed by atoms with Gasteiger partial charge in [-0.05, 0) is 37.8 Å². The lowest BCUT2D eigenvalue weighted by atomic mass is 10.1. The molecule has 0 fully saturated rings. The van der Waals surface area contributed by atoms with Gasteiger partial charge in [0.1, 0.15) is 5.00 Å². The van der Waals surface area contributed by atoms with Gasteiger partial charge in [-0.1, -0.05) is 15.9 Å². The second-order valence-electron chi connectivity index (χ2n) is 6.23. The zero-order valence-electron chi connectivity index (χ0n) is 15.7. The second-order valence-corrected chi connectivity index (χ2v) is 8.25. The number of aryl methyl sites for hydroxylation is 1. The largest absolute Gasteiger partial charge is 0.502 e. The first kappa shape index (κ1) is 21.7. The minimum atomic E-state index is -0.732. The third-order valence-corrected chi connectivity index (χ3v) is 5.94. The number of halogens is 1. The van der Waals surface area contributed by atoms with E-state index in [0.717, 1.165) is 42.0 Å². The van der Waals surface area contributed by atoms with Crippen LogP contribution in [0.25, 0.3) is 0 Å². The number of phenols is 1. The van der Waals surface area contributed by atoms with E-state index in [1.165, 1.54) is 17.4 Å². The number of ether oxygens (including phenoxy) is 1. The van der Waals surface area contributed by atoms with Crippen molar-refractivity contribution in [1.82, 2.24) is 5.43 Å². The summed E-state index contributed by atoms with van der Waals surface area (Å²) < 4.78 is 5.47. The Morgan fingerprint density at radius 3 is 2.90 bits per heavy atom. The molecule has 1 aliphatic carbocycles. The van der Waals surface area contributed by atoms with Gasteiger partial charge in [-0.2, -0.15) is 5.10 Å². The Morgan fingerprint density at radius 1 is 1.43 bits per heavy atom. The number of rotatable bonds is 6. The van der Waals surface area contributed by atoms with Gasteiger partial charge in [0.25, 0.3) is 0 Å². The third-order valence-electron chi connectivity index (χ3n) is 4.28. The molecule has 1 aliphatic rings. The highest BCUT2D eigenvalue weighted by molar-refractivity contribution is 9.10. The molecule has 10 nitrogen and oxygen atoms in total. The number of anilines is 1. The SMILES string of the molecule is CCOC(=O)c1c(NC(=O)NN=Cc2cc(Br)cc([N+](=O)[O-])c2O)sc2c1CCC2. The number of carbonyl (C=O) groups is 2. The number of urea groups is 1. The standard InChI is InChI=1S/C18H17BrN4O6S/c1-2-29-17(25)14-11-4-3-5-13(11)30-16(14)21-18(26)22-20-8-9-6-10(19)7-12(15(9)24)23(27)28/h6-8,24H,2-5H2,1H3,(H2,21,22,26). The lowest BCUT2D eigenvalue weighted by Gasteiger charge is -2.07. The van der Waals surface area contributed by atoms with E-state index in [2.05, 4.69) is 31.8 Å². The lowest BCUT2D eigenvalue weighted by Crippen LogP contribution is -2.25. The summed E-state index contributed by atoms with van der Waals surface area (Å²) in [5, 5.41) is 27.6. The van der Waals surface area contributed by atoms with E-state index in [0.29, 0.717) is 15.0 Å². The van der Waals surface area contributed by atoms with Crippen LogP contribution in [0.15, 0.2) is 21.7 Å². The fourth-order valence-electron chi connectivity index (χ4n) is 3.05. The molecule has 1 aromatic carbocycles. The number of thiophene rings is 1. The minimum absolute atomic E-state index is 0.0405. The molecule has 1 heterocycles. The Morgan fingerprint density at radius 2 is 2.20 bits per heavy atom. The van der Waals surface area contributed by atoms with Crippen molar-refractivity contribution in [3.05, 3.63) is 48.3 Å². The fraction of sp³-hybridized carbons (Fsp3) is 0.278. The fourth-order valence-corrected chi connectivity index (χ4v) is 4.78. The van der Waals surface area contributed by atoms with Crippen molar-refractivity contribution in [2.24, 2.45) is 5.10 Å². The number of nitro groups is 1. The van der Waals surface area contributed by atoms with Crippen molar-refractivity contribution in [2.75, 3.05) is 11.9 Å². The highest BCUT2D eigenvalue weighted by atomic mass is 79.9. The van der Waals surface area contributed by atoms with E-state index < -0.39 is 28.4 Å². The minimum Gasteiger partial charge on any atom is -0.502 e. The maximum absolute atomic E-state index is 12.3. The molecule has 3 N–H and O–H groups in total. The second kappa shape index (κ2) is 9.22. The number of hydrazone groups is 1. The van der Waals surface area contributed by atoms with Crippen molar-refractivity contribution in [2.45, 2.75) is 26.2 Å². The van der Waals surface area contributed by atoms with Gasteiger partial charge in [-0.15, -0.1) is 11.3 Å². The number of nitro benzene ring substituents is 1. The van der Waals surface area contributed by atoms with Gasteiger partial charge in [0.2, 0.25) is 5.75 Å². The Hall–Kier alpha value is -2.99. The summed E-state index contributed by atoms with van der Waals surface area (Å²) in [5.74, 6) is -1.06. The van der Waals surface area contributed by atoms with Crippen LogP contribution in [0.3, 0.4) is 0 Å². The highest BCUT2D eigenvalue weighted by Gasteiger charge is 2.28. The summed E-state index contributed by atoms with van der Waals surface area (Å²) in [5.41, 5.74) is 3.03. The number of hydrogen-bond acceptors (Lipinski definition) is 8. The molecule has 158 valence electrons. The Labute approximate surface area is 183 Å². The first-order valence-electron chi connectivity index (χ1n) is 8.90. The average molecular weight is 497 g/mol. The summed E-state index contributed by atoms with van der Waals surface area (Å²) >= 11 is 4.44. The Balaban J connectivity index is 1.73. The molecule has 30 heavy (non-hydrogen) atoms. The van der Waals surface area contributed by atoms with E-state index in [1.807, 2.05) is 0 Å². The van der Waals surface area contributed by atoms with Gasteiger partial charge in [0, 0.05) is 21.0 Å². The first-order valence-corrected chi connectivity index (χ1v) is 10.5. The van der Waals surface area contributed by atoms with Crippen LogP contribution >= 0.6 is 27.3 Å². The summed E-state index contributed by atoms with van der Waals surface area (Å²) in [4.78, 5) is 35.8. The van der Waals surface area contributed by atoms with E-state index in [-0.39, 0.29) is 12.2 Å². The van der Waals surface area contributed by atoms with Gasteiger partial charge < -0.3 is 9.84 Å². The van der Waals surface area contributed by atoms with Gasteiger partial charge in [-0.25, -0.2) is 15.0 Å². The number of aromatic hydroxyl groups is 1. The topological polar surface area (TPSA) is 143 Å². The number of carbonyl (C=O) groups excluding carboxylic acids is 2. The van der Waals surface area contributed by atoms with Crippen LogP contribution in [0.5, 0.6) is 5.75 Å². The molecular weight excluding hydrogens is 480 g/mol. The molecule has 0 atom stereocenters. The van der Waals surface area contributed by atoms with Gasteiger partial charge in [0.05, 0.1) is 23.3 Å². The number of amides is 2. The molecule has 1 aromatic heterocycles. The van der Waals surface area contributed by atoms with Gasteiger partial charge in [-0.3, -0.25) is 15.4 Å². The van der Waals surface area contributed by atoms with Crippen LogP contribution in [0.2, 0.25) is 0 Å². The van der Waals surface area contributed by atoms with Crippen molar-refractivity contribution in [1.29, 1.82) is 0 Å². The van der Waals surface area contributed by atoms with Gasteiger partial charge in [0.15, 0.2) is 0 Å². The molecule has 0 spiro atoms. The average Bonchev–Trinajstić information content (AvgIpc) is 3.24. The molecule has 0 aliphatic heterocycles. The maximum Gasteiger partial charge on any atom is 0.341 e. The van der Waals surface area contributed by atoms with E-state index in [1.54, 1.807) is 6.92 Å². The van der Waals surface area contributed by atoms with Crippen LogP contribution < -0.4 is 10.7 Å². The normalized spacial score (nSPS) is 12.6. The summed E-state index contributed by atoms with van der Waals surface area (Å²) in [6.45, 7) is 1.93. The predicted molar refractivity (Wildman–Crippen MR) is 115 cm³/mol. The molecule has 0 saturated heterocycles. The van der Waals surface area contributed by atoms with Crippen LogP contribution in [0.1, 0.15) is 39.7 Å². The molecule has 0 saturated carbocycles.